The van der Waals surface area contributed by atoms with Crippen molar-refractivity contribution >= 4 is 5.82 Å². The first kappa shape index (κ1) is 17.7. The molecule has 29 heavy (non-hydrogen) atoms. The van der Waals surface area contributed by atoms with E-state index >= 15 is 0 Å². The lowest BCUT2D eigenvalue weighted by molar-refractivity contribution is 0.173. The van der Waals surface area contributed by atoms with Crippen molar-refractivity contribution in [1.82, 2.24) is 34.8 Å². The molecule has 3 aromatic heterocycles. The summed E-state index contributed by atoms with van der Waals surface area (Å²) in [6.07, 6.45) is 9.18. The number of hydrogen-bond acceptors (Lipinski definition) is 8. The molecular formula is C20H21N9. The Balaban J connectivity index is 1.33. The normalized spacial score (nSPS) is 21.7. The predicted octanol–water partition coefficient (Wildman–Crippen LogP) is 1.66. The summed E-state index contributed by atoms with van der Waals surface area (Å²) in [6, 6.07) is 6.78. The first-order chi connectivity index (χ1) is 14.2. The minimum Gasteiger partial charge on any atom is -0.351 e. The maximum Gasteiger partial charge on any atom is 0.183 e. The third kappa shape index (κ3) is 3.21. The smallest absolute Gasteiger partial charge is 0.183 e. The number of pyridine rings is 1. The lowest BCUT2D eigenvalue weighted by Crippen LogP contribution is -2.51. The van der Waals surface area contributed by atoms with Crippen molar-refractivity contribution < 1.29 is 0 Å². The minimum absolute atomic E-state index is 0.274. The van der Waals surface area contributed by atoms with Crippen LogP contribution in [0.1, 0.15) is 36.0 Å². The number of piperazine rings is 1. The van der Waals surface area contributed by atoms with Gasteiger partial charge in [-0.3, -0.25) is 9.88 Å². The average molecular weight is 387 g/mol. The number of fused-ring (bicyclic) bond motifs is 1. The Labute approximate surface area is 168 Å². The van der Waals surface area contributed by atoms with Crippen LogP contribution in [0.5, 0.6) is 0 Å². The van der Waals surface area contributed by atoms with Crippen molar-refractivity contribution in [3.05, 3.63) is 54.0 Å². The van der Waals surface area contributed by atoms with E-state index in [2.05, 4.69) is 41.1 Å². The van der Waals surface area contributed by atoms with Gasteiger partial charge in [-0.1, -0.05) is 5.21 Å². The molecule has 0 bridgehead atoms. The molecule has 3 aromatic rings. The Bertz CT molecular complexity index is 1070. The van der Waals surface area contributed by atoms with E-state index in [1.807, 2.05) is 29.9 Å². The Morgan fingerprint density at radius 3 is 2.86 bits per heavy atom. The molecular weight excluding hydrogens is 366 g/mol. The molecule has 0 aliphatic carbocycles. The zero-order valence-electron chi connectivity index (χ0n) is 16.2. The van der Waals surface area contributed by atoms with Gasteiger partial charge in [-0.05, 0) is 31.9 Å². The highest BCUT2D eigenvalue weighted by Crippen LogP contribution is 2.37. The van der Waals surface area contributed by atoms with Gasteiger partial charge in [0, 0.05) is 50.0 Å². The van der Waals surface area contributed by atoms with Crippen molar-refractivity contribution in [2.45, 2.75) is 31.8 Å². The number of aromatic nitrogens is 6. The highest BCUT2D eigenvalue weighted by atomic mass is 15.4. The van der Waals surface area contributed by atoms with Gasteiger partial charge in [-0.15, -0.1) is 5.10 Å². The van der Waals surface area contributed by atoms with Gasteiger partial charge in [-0.2, -0.15) is 5.26 Å². The van der Waals surface area contributed by atoms with Crippen LogP contribution >= 0.6 is 0 Å². The van der Waals surface area contributed by atoms with Crippen LogP contribution in [-0.2, 0) is 0 Å². The van der Waals surface area contributed by atoms with Crippen LogP contribution in [-0.4, -0.2) is 60.5 Å². The largest absolute Gasteiger partial charge is 0.351 e. The van der Waals surface area contributed by atoms with E-state index in [-0.39, 0.29) is 6.04 Å². The second-order valence-electron chi connectivity index (χ2n) is 7.51. The molecule has 0 saturated carbocycles. The first-order valence-corrected chi connectivity index (χ1v) is 9.80. The Hall–Kier alpha value is -3.38. The maximum absolute atomic E-state index is 9.33. The molecule has 0 radical (unpaired) electrons. The van der Waals surface area contributed by atoms with Crippen molar-refractivity contribution in [1.29, 1.82) is 5.26 Å². The number of aryl methyl sites for hydroxylation is 1. The second kappa shape index (κ2) is 7.22. The van der Waals surface area contributed by atoms with Gasteiger partial charge in [0.1, 0.15) is 11.8 Å². The first-order valence-electron chi connectivity index (χ1n) is 9.80. The van der Waals surface area contributed by atoms with Gasteiger partial charge >= 0.3 is 0 Å². The van der Waals surface area contributed by atoms with Crippen LogP contribution in [0.15, 0.2) is 36.9 Å². The number of nitriles is 1. The van der Waals surface area contributed by atoms with Gasteiger partial charge in [-0.25, -0.2) is 14.6 Å². The van der Waals surface area contributed by atoms with E-state index in [4.69, 9.17) is 0 Å². The quantitative estimate of drug-likeness (QED) is 0.669. The summed E-state index contributed by atoms with van der Waals surface area (Å²) in [5.74, 6) is 0.692. The lowest BCUT2D eigenvalue weighted by Gasteiger charge is -2.40. The summed E-state index contributed by atoms with van der Waals surface area (Å²) >= 11 is 0. The molecule has 0 spiro atoms. The molecule has 2 saturated heterocycles. The molecule has 2 aliphatic rings. The van der Waals surface area contributed by atoms with Crippen LogP contribution in [0.3, 0.4) is 0 Å². The molecule has 146 valence electrons. The van der Waals surface area contributed by atoms with Gasteiger partial charge in [0.05, 0.1) is 17.9 Å². The van der Waals surface area contributed by atoms with Crippen LogP contribution in [0, 0.1) is 18.3 Å². The standard InChI is InChI=1S/C20H21N9/c1-14-10-15(4-5-22-14)29-13-18(25-26-29)19-3-2-16-12-27(8-9-28(16)19)20-17(11-21)23-6-7-24-20/h4-7,10,13,16,19H,2-3,8-9,12H2,1H3/t16-,19+/m0/s1. The maximum atomic E-state index is 9.33. The van der Waals surface area contributed by atoms with Crippen LogP contribution in [0.25, 0.3) is 5.69 Å². The van der Waals surface area contributed by atoms with Gasteiger partial charge in [0.25, 0.3) is 0 Å². The number of anilines is 1. The second-order valence-corrected chi connectivity index (χ2v) is 7.51. The molecule has 2 fully saturated rings. The summed E-state index contributed by atoms with van der Waals surface area (Å²) in [6.45, 7) is 4.54. The lowest BCUT2D eigenvalue weighted by atomic mass is 10.1. The Kier molecular flexibility index (Phi) is 4.41. The van der Waals surface area contributed by atoms with E-state index < -0.39 is 0 Å². The molecule has 0 amide bonds. The van der Waals surface area contributed by atoms with E-state index in [0.29, 0.717) is 17.6 Å². The van der Waals surface area contributed by atoms with E-state index in [0.717, 1.165) is 49.6 Å². The third-order valence-corrected chi connectivity index (χ3v) is 5.78. The zero-order valence-corrected chi connectivity index (χ0v) is 16.2. The summed E-state index contributed by atoms with van der Waals surface area (Å²) < 4.78 is 1.83. The molecule has 2 aliphatic heterocycles. The molecule has 5 rings (SSSR count). The molecule has 2 atom stereocenters. The molecule has 0 aromatic carbocycles. The summed E-state index contributed by atoms with van der Waals surface area (Å²) in [4.78, 5) is 17.5. The topological polar surface area (TPSA) is 99.7 Å². The Morgan fingerprint density at radius 1 is 1.10 bits per heavy atom. The average Bonchev–Trinajstić information content (AvgIpc) is 3.40. The minimum atomic E-state index is 0.274. The van der Waals surface area contributed by atoms with Gasteiger partial charge < -0.3 is 4.90 Å². The van der Waals surface area contributed by atoms with Gasteiger partial charge in [0.2, 0.25) is 0 Å². The molecule has 9 heteroatoms. The fraction of sp³-hybridized carbons (Fsp3) is 0.400. The number of hydrogen-bond donors (Lipinski definition) is 0. The van der Waals surface area contributed by atoms with Crippen molar-refractivity contribution in [3.63, 3.8) is 0 Å². The van der Waals surface area contributed by atoms with Crippen LogP contribution in [0.2, 0.25) is 0 Å². The van der Waals surface area contributed by atoms with Crippen molar-refractivity contribution in [3.8, 4) is 11.8 Å². The third-order valence-electron chi connectivity index (χ3n) is 5.78. The van der Waals surface area contributed by atoms with E-state index in [1.165, 1.54) is 0 Å². The molecule has 5 heterocycles. The fourth-order valence-electron chi connectivity index (χ4n) is 4.43. The van der Waals surface area contributed by atoms with E-state index in [9.17, 15) is 5.26 Å². The van der Waals surface area contributed by atoms with Crippen LogP contribution in [0.4, 0.5) is 5.82 Å². The monoisotopic (exact) mass is 387 g/mol. The SMILES string of the molecule is Cc1cc(-n2cc([C@H]3CC[C@H]4CN(c5nccnc5C#N)CCN43)nn2)ccn1. The van der Waals surface area contributed by atoms with Crippen LogP contribution < -0.4 is 4.90 Å². The van der Waals surface area contributed by atoms with Crippen molar-refractivity contribution in [2.75, 3.05) is 24.5 Å². The predicted molar refractivity (Wildman–Crippen MR) is 105 cm³/mol. The summed E-state index contributed by atoms with van der Waals surface area (Å²) in [5, 5.41) is 18.1. The highest BCUT2D eigenvalue weighted by Gasteiger charge is 2.40. The highest BCUT2D eigenvalue weighted by molar-refractivity contribution is 5.50. The molecule has 0 unspecified atom stereocenters. The Morgan fingerprint density at radius 2 is 2.00 bits per heavy atom. The number of rotatable bonds is 3. The van der Waals surface area contributed by atoms with Crippen molar-refractivity contribution in [2.24, 2.45) is 0 Å². The molecule has 0 N–H and O–H groups in total. The van der Waals surface area contributed by atoms with E-state index in [1.54, 1.807) is 18.6 Å². The summed E-state index contributed by atoms with van der Waals surface area (Å²) in [5.41, 5.74) is 3.33. The van der Waals surface area contributed by atoms with Gasteiger partial charge in [0.15, 0.2) is 11.5 Å². The fourth-order valence-corrected chi connectivity index (χ4v) is 4.43. The summed E-state index contributed by atoms with van der Waals surface area (Å²) in [7, 11) is 0. The molecule has 9 nitrogen and oxygen atoms in total. The zero-order chi connectivity index (χ0) is 19.8. The number of nitrogens with zero attached hydrogens (tertiary/aromatic N) is 9.